The average molecular weight is 574 g/mol. The number of amides is 2. The first-order valence-electron chi connectivity index (χ1n) is 12.9. The number of ether oxygens (including phenoxy) is 1. The minimum absolute atomic E-state index is 0.00666. The molecule has 1 aromatic heterocycles. The fourth-order valence-electron chi connectivity index (χ4n) is 4.59. The number of fused-ring (bicyclic) bond motifs is 1. The third-order valence-electron chi connectivity index (χ3n) is 6.92. The number of hydrogen-bond donors (Lipinski definition) is 2. The lowest BCUT2D eigenvalue weighted by atomic mass is 10.00. The monoisotopic (exact) mass is 573 g/mol. The summed E-state index contributed by atoms with van der Waals surface area (Å²) in [6.45, 7) is 2.67. The van der Waals surface area contributed by atoms with Crippen LogP contribution < -0.4 is 21.1 Å². The van der Waals surface area contributed by atoms with Crippen LogP contribution in [-0.4, -0.2) is 46.7 Å². The van der Waals surface area contributed by atoms with Crippen molar-refractivity contribution in [1.82, 2.24) is 9.88 Å². The highest BCUT2D eigenvalue weighted by atomic mass is 32.1. The van der Waals surface area contributed by atoms with E-state index in [9.17, 15) is 18.8 Å². The molecule has 4 N–H and O–H groups in total. The van der Waals surface area contributed by atoms with Gasteiger partial charge in [-0.25, -0.2) is 9.37 Å². The van der Waals surface area contributed by atoms with E-state index in [0.717, 1.165) is 23.3 Å². The number of halogens is 1. The van der Waals surface area contributed by atoms with Crippen LogP contribution in [0.15, 0.2) is 72.8 Å². The highest BCUT2D eigenvalue weighted by Gasteiger charge is 2.27. The Bertz CT molecular complexity index is 1590. The van der Waals surface area contributed by atoms with Crippen molar-refractivity contribution in [2.24, 2.45) is 5.73 Å². The molecule has 5 rings (SSSR count). The van der Waals surface area contributed by atoms with Crippen LogP contribution in [0.5, 0.6) is 5.75 Å². The normalized spacial score (nSPS) is 13.3. The van der Waals surface area contributed by atoms with E-state index >= 15 is 0 Å². The van der Waals surface area contributed by atoms with Gasteiger partial charge in [-0.2, -0.15) is 0 Å². The average Bonchev–Trinajstić information content (AvgIpc) is 3.37. The van der Waals surface area contributed by atoms with Crippen molar-refractivity contribution in [1.29, 1.82) is 0 Å². The number of hydrogen-bond acceptors (Lipinski definition) is 8. The summed E-state index contributed by atoms with van der Waals surface area (Å²) in [5, 5.41) is 0.266. The van der Waals surface area contributed by atoms with E-state index in [1.165, 1.54) is 34.7 Å². The van der Waals surface area contributed by atoms with E-state index < -0.39 is 17.8 Å². The lowest BCUT2D eigenvalue weighted by Crippen LogP contribution is -2.39. The Morgan fingerprint density at radius 2 is 1.73 bits per heavy atom. The van der Waals surface area contributed by atoms with E-state index in [0.29, 0.717) is 30.1 Å². The van der Waals surface area contributed by atoms with Gasteiger partial charge in [0.15, 0.2) is 11.7 Å². The van der Waals surface area contributed by atoms with E-state index in [1.54, 1.807) is 36.1 Å². The molecule has 9 nitrogen and oxygen atoms in total. The molecule has 3 aromatic carbocycles. The van der Waals surface area contributed by atoms with Gasteiger partial charge in [-0.3, -0.25) is 14.4 Å². The van der Waals surface area contributed by atoms with Gasteiger partial charge in [0, 0.05) is 24.3 Å². The van der Waals surface area contributed by atoms with Crippen LogP contribution in [-0.2, 0) is 22.6 Å². The van der Waals surface area contributed by atoms with Crippen LogP contribution in [0.3, 0.4) is 0 Å². The first-order valence-corrected chi connectivity index (χ1v) is 13.8. The molecule has 2 heterocycles. The van der Waals surface area contributed by atoms with Gasteiger partial charge < -0.3 is 26.0 Å². The van der Waals surface area contributed by atoms with E-state index in [4.69, 9.17) is 16.2 Å². The van der Waals surface area contributed by atoms with Gasteiger partial charge >= 0.3 is 0 Å². The predicted molar refractivity (Wildman–Crippen MR) is 155 cm³/mol. The largest absolute Gasteiger partial charge is 0.484 e. The Morgan fingerprint density at radius 3 is 2.41 bits per heavy atom. The topological polar surface area (TPSA) is 132 Å². The number of ketones is 1. The molecule has 0 saturated carbocycles. The van der Waals surface area contributed by atoms with Crippen molar-refractivity contribution in [2.75, 3.05) is 23.8 Å². The van der Waals surface area contributed by atoms with Gasteiger partial charge in [-0.15, -0.1) is 0 Å². The summed E-state index contributed by atoms with van der Waals surface area (Å²) < 4.78 is 19.2. The fraction of sp³-hybridized carbons (Fsp3) is 0.200. The molecule has 210 valence electrons. The standard InChI is InChI=1S/C30H28FN5O4S/c1-18(29(33)39)36(23-10-8-22(31)9-11-23)30-34-28(32)27(41-30)26(38)20-6-12-24(13-7-20)40-17-25(37)35-15-14-19-4-2-3-5-21(19)16-35/h2-13,18H,14-17,32H2,1H3,(H2,33,39)/t18-/m1/s1. The quantitative estimate of drug-likeness (QED) is 0.289. The molecule has 2 amide bonds. The Kier molecular flexibility index (Phi) is 7.97. The van der Waals surface area contributed by atoms with Crippen LogP contribution in [0, 0.1) is 5.82 Å². The molecular weight excluding hydrogens is 545 g/mol. The van der Waals surface area contributed by atoms with Crippen molar-refractivity contribution in [3.63, 3.8) is 0 Å². The summed E-state index contributed by atoms with van der Waals surface area (Å²) in [7, 11) is 0. The van der Waals surface area contributed by atoms with Gasteiger partial charge in [0.2, 0.25) is 11.7 Å². The number of nitrogens with zero attached hydrogens (tertiary/aromatic N) is 3. The second-order valence-corrected chi connectivity index (χ2v) is 10.6. The number of benzene rings is 3. The number of rotatable bonds is 9. The maximum absolute atomic E-state index is 13.5. The third kappa shape index (κ3) is 6.04. The first kappa shape index (κ1) is 27.8. The Hall–Kier alpha value is -4.77. The number of nitrogens with two attached hydrogens (primary N) is 2. The van der Waals surface area contributed by atoms with Gasteiger partial charge in [0.25, 0.3) is 5.91 Å². The van der Waals surface area contributed by atoms with E-state index in [-0.39, 0.29) is 34.1 Å². The summed E-state index contributed by atoms with van der Waals surface area (Å²) in [4.78, 5) is 45.8. The zero-order valence-electron chi connectivity index (χ0n) is 22.2. The van der Waals surface area contributed by atoms with E-state index in [1.807, 2.05) is 18.2 Å². The van der Waals surface area contributed by atoms with Crippen LogP contribution in [0.25, 0.3) is 0 Å². The number of carbonyl (C=O) groups is 3. The highest BCUT2D eigenvalue weighted by Crippen LogP contribution is 2.36. The maximum atomic E-state index is 13.5. The molecule has 4 aromatic rings. The molecule has 1 atom stereocenters. The molecule has 1 aliphatic heterocycles. The van der Waals surface area contributed by atoms with Crippen molar-refractivity contribution in [3.8, 4) is 5.75 Å². The van der Waals surface area contributed by atoms with Crippen molar-refractivity contribution in [2.45, 2.75) is 25.9 Å². The molecule has 1 aliphatic rings. The lowest BCUT2D eigenvalue weighted by Gasteiger charge is -2.28. The molecule has 0 fully saturated rings. The SMILES string of the molecule is C[C@H](C(N)=O)N(c1ccc(F)cc1)c1nc(N)c(C(=O)c2ccc(OCC(=O)N3CCc4ccccc4C3)cc2)s1. The zero-order chi connectivity index (χ0) is 29.1. The molecule has 0 unspecified atom stereocenters. The number of primary amides is 1. The summed E-state index contributed by atoms with van der Waals surface area (Å²) in [5.41, 5.74) is 14.9. The predicted octanol–water partition coefficient (Wildman–Crippen LogP) is 4.07. The van der Waals surface area contributed by atoms with Gasteiger partial charge in [-0.05, 0) is 73.0 Å². The number of nitrogen functional groups attached to an aromatic ring is 1. The summed E-state index contributed by atoms with van der Waals surface area (Å²) >= 11 is 1.00. The van der Waals surface area contributed by atoms with Crippen molar-refractivity contribution < 1.29 is 23.5 Å². The van der Waals surface area contributed by atoms with Crippen LogP contribution in [0.1, 0.15) is 33.3 Å². The Morgan fingerprint density at radius 1 is 1.05 bits per heavy atom. The Labute approximate surface area is 240 Å². The second-order valence-electron chi connectivity index (χ2n) is 9.61. The molecule has 0 bridgehead atoms. The summed E-state index contributed by atoms with van der Waals surface area (Å²) in [6.07, 6.45) is 0.810. The fourth-order valence-corrected chi connectivity index (χ4v) is 5.64. The van der Waals surface area contributed by atoms with E-state index in [2.05, 4.69) is 11.1 Å². The van der Waals surface area contributed by atoms with Gasteiger partial charge in [0.1, 0.15) is 28.3 Å². The number of anilines is 3. The Balaban J connectivity index is 1.26. The molecule has 0 spiro atoms. The molecular formula is C30H28FN5O4S. The number of thiazole rings is 1. The van der Waals surface area contributed by atoms with Gasteiger partial charge in [0.05, 0.1) is 0 Å². The third-order valence-corrected chi connectivity index (χ3v) is 7.99. The molecule has 0 saturated heterocycles. The van der Waals surface area contributed by atoms with Crippen LogP contribution >= 0.6 is 11.3 Å². The van der Waals surface area contributed by atoms with Crippen molar-refractivity contribution in [3.05, 3.63) is 100 Å². The van der Waals surface area contributed by atoms with Crippen LogP contribution in [0.4, 0.5) is 21.0 Å². The molecule has 11 heteroatoms. The smallest absolute Gasteiger partial charge is 0.260 e. The summed E-state index contributed by atoms with van der Waals surface area (Å²) in [5.74, 6) is -1.11. The number of aromatic nitrogens is 1. The summed E-state index contributed by atoms with van der Waals surface area (Å²) in [6, 6.07) is 19.1. The maximum Gasteiger partial charge on any atom is 0.260 e. The van der Waals surface area contributed by atoms with Crippen molar-refractivity contribution >= 4 is 45.6 Å². The first-order chi connectivity index (χ1) is 19.7. The number of carbonyl (C=O) groups excluding carboxylic acids is 3. The molecule has 0 radical (unpaired) electrons. The lowest BCUT2D eigenvalue weighted by molar-refractivity contribution is -0.134. The second kappa shape index (κ2) is 11.8. The molecule has 0 aliphatic carbocycles. The van der Waals surface area contributed by atoms with Crippen LogP contribution in [0.2, 0.25) is 0 Å². The minimum Gasteiger partial charge on any atom is -0.484 e. The molecule has 41 heavy (non-hydrogen) atoms. The zero-order valence-corrected chi connectivity index (χ0v) is 23.1. The van der Waals surface area contributed by atoms with Gasteiger partial charge in [-0.1, -0.05) is 35.6 Å². The minimum atomic E-state index is -0.840. The highest BCUT2D eigenvalue weighted by molar-refractivity contribution is 7.18.